The predicted octanol–water partition coefficient (Wildman–Crippen LogP) is 2.73. The Kier molecular flexibility index (Phi) is 4.14. The first kappa shape index (κ1) is 13.3. The summed E-state index contributed by atoms with van der Waals surface area (Å²) in [5.41, 5.74) is 3.51. The van der Waals surface area contributed by atoms with Gasteiger partial charge in [0.15, 0.2) is 0 Å². The zero-order valence-electron chi connectivity index (χ0n) is 11.8. The third-order valence-corrected chi connectivity index (χ3v) is 3.86. The number of nitrogens with one attached hydrogen (secondary N) is 2. The fourth-order valence-electron chi connectivity index (χ4n) is 2.66. The lowest BCUT2D eigenvalue weighted by Crippen LogP contribution is -2.45. The Labute approximate surface area is 119 Å². The van der Waals surface area contributed by atoms with Crippen LogP contribution in [0.25, 0.3) is 11.3 Å². The molecule has 2 aromatic rings. The van der Waals surface area contributed by atoms with Crippen LogP contribution in [0, 0.1) is 0 Å². The van der Waals surface area contributed by atoms with Crippen molar-refractivity contribution in [2.45, 2.75) is 38.5 Å². The molecule has 3 rings (SSSR count). The van der Waals surface area contributed by atoms with Crippen LogP contribution in [-0.4, -0.2) is 29.0 Å². The lowest BCUT2D eigenvalue weighted by Gasteiger charge is -2.35. The van der Waals surface area contributed by atoms with Crippen LogP contribution < -0.4 is 5.32 Å². The van der Waals surface area contributed by atoms with E-state index in [1.807, 2.05) is 24.4 Å². The minimum Gasteiger partial charge on any atom is -0.378 e. The Morgan fingerprint density at radius 1 is 1.30 bits per heavy atom. The summed E-state index contributed by atoms with van der Waals surface area (Å²) in [6, 6.07) is 10.9. The van der Waals surface area contributed by atoms with Crippen molar-refractivity contribution in [3.05, 3.63) is 42.1 Å². The van der Waals surface area contributed by atoms with E-state index in [1.54, 1.807) is 0 Å². The smallest absolute Gasteiger partial charge is 0.0695 e. The average Bonchev–Trinajstić information content (AvgIpc) is 2.90. The van der Waals surface area contributed by atoms with Crippen LogP contribution in [0.15, 0.2) is 36.5 Å². The Hall–Kier alpha value is -1.65. The molecule has 1 aliphatic carbocycles. The molecule has 4 heteroatoms. The van der Waals surface area contributed by atoms with Gasteiger partial charge >= 0.3 is 0 Å². The number of aromatic amines is 1. The second kappa shape index (κ2) is 6.20. The molecule has 106 valence electrons. The lowest BCUT2D eigenvalue weighted by atomic mass is 9.89. The van der Waals surface area contributed by atoms with E-state index in [9.17, 15) is 0 Å². The van der Waals surface area contributed by atoms with Crippen molar-refractivity contribution >= 4 is 0 Å². The Bertz CT molecular complexity index is 532. The molecule has 0 unspecified atom stereocenters. The molecule has 0 atom stereocenters. The summed E-state index contributed by atoms with van der Waals surface area (Å²) in [7, 11) is 0. The zero-order chi connectivity index (χ0) is 13.8. The number of nitrogens with zero attached hydrogens (tertiary/aromatic N) is 1. The van der Waals surface area contributed by atoms with Gasteiger partial charge in [-0.05, 0) is 25.3 Å². The molecular formula is C16H21N3O. The largest absolute Gasteiger partial charge is 0.378 e. The van der Waals surface area contributed by atoms with Gasteiger partial charge in [0.05, 0.1) is 18.0 Å². The van der Waals surface area contributed by atoms with Crippen molar-refractivity contribution in [2.24, 2.45) is 0 Å². The highest BCUT2D eigenvalue weighted by molar-refractivity contribution is 5.62. The van der Waals surface area contributed by atoms with Gasteiger partial charge < -0.3 is 10.1 Å². The summed E-state index contributed by atoms with van der Waals surface area (Å²) in [6.07, 6.45) is 4.60. The maximum absolute atomic E-state index is 5.58. The van der Waals surface area contributed by atoms with Gasteiger partial charge in [-0.25, -0.2) is 0 Å². The predicted molar refractivity (Wildman–Crippen MR) is 79.3 cm³/mol. The van der Waals surface area contributed by atoms with Gasteiger partial charge in [0.2, 0.25) is 0 Å². The quantitative estimate of drug-likeness (QED) is 0.849. The highest BCUT2D eigenvalue weighted by Gasteiger charge is 2.29. The number of ether oxygens (including phenoxy) is 1. The summed E-state index contributed by atoms with van der Waals surface area (Å²) in [5.74, 6) is 0. The maximum atomic E-state index is 5.58. The molecule has 0 aliphatic heterocycles. The zero-order valence-corrected chi connectivity index (χ0v) is 11.8. The first-order valence-corrected chi connectivity index (χ1v) is 7.29. The molecular weight excluding hydrogens is 250 g/mol. The van der Waals surface area contributed by atoms with Gasteiger partial charge in [-0.1, -0.05) is 30.3 Å². The van der Waals surface area contributed by atoms with Crippen molar-refractivity contribution in [2.75, 3.05) is 6.61 Å². The van der Waals surface area contributed by atoms with E-state index >= 15 is 0 Å². The van der Waals surface area contributed by atoms with Crippen LogP contribution in [0.3, 0.4) is 0 Å². The van der Waals surface area contributed by atoms with E-state index < -0.39 is 0 Å². The molecule has 0 saturated heterocycles. The second-order valence-corrected chi connectivity index (χ2v) is 5.26. The van der Waals surface area contributed by atoms with E-state index in [1.165, 1.54) is 11.1 Å². The Balaban J connectivity index is 1.56. The summed E-state index contributed by atoms with van der Waals surface area (Å²) < 4.78 is 5.58. The van der Waals surface area contributed by atoms with E-state index in [2.05, 4.69) is 34.6 Å². The van der Waals surface area contributed by atoms with Crippen LogP contribution in [0.5, 0.6) is 0 Å². The molecule has 1 aromatic heterocycles. The highest BCUT2D eigenvalue weighted by atomic mass is 16.5. The van der Waals surface area contributed by atoms with Crippen molar-refractivity contribution in [1.29, 1.82) is 0 Å². The molecule has 1 aromatic carbocycles. The molecule has 20 heavy (non-hydrogen) atoms. The monoisotopic (exact) mass is 271 g/mol. The Morgan fingerprint density at radius 3 is 2.85 bits per heavy atom. The van der Waals surface area contributed by atoms with Gasteiger partial charge in [0.25, 0.3) is 0 Å². The first-order valence-electron chi connectivity index (χ1n) is 7.29. The molecule has 0 radical (unpaired) electrons. The lowest BCUT2D eigenvalue weighted by molar-refractivity contribution is -0.0102. The number of H-pyrrole nitrogens is 1. The van der Waals surface area contributed by atoms with Gasteiger partial charge in [0.1, 0.15) is 0 Å². The van der Waals surface area contributed by atoms with Gasteiger partial charge in [-0.3, -0.25) is 5.10 Å². The van der Waals surface area contributed by atoms with E-state index in [4.69, 9.17) is 4.74 Å². The van der Waals surface area contributed by atoms with Crippen molar-refractivity contribution in [3.8, 4) is 11.3 Å². The fourth-order valence-corrected chi connectivity index (χ4v) is 2.66. The molecule has 1 aliphatic rings. The second-order valence-electron chi connectivity index (χ2n) is 5.26. The molecule has 0 bridgehead atoms. The number of rotatable bonds is 6. The molecule has 0 spiro atoms. The van der Waals surface area contributed by atoms with Gasteiger partial charge in [-0.2, -0.15) is 5.10 Å². The molecule has 1 saturated carbocycles. The molecule has 2 N–H and O–H groups in total. The number of hydrogen-bond acceptors (Lipinski definition) is 3. The van der Waals surface area contributed by atoms with Crippen LogP contribution in [0.2, 0.25) is 0 Å². The van der Waals surface area contributed by atoms with E-state index in [0.29, 0.717) is 12.1 Å². The number of aromatic nitrogens is 2. The van der Waals surface area contributed by atoms with E-state index in [-0.39, 0.29) is 0 Å². The number of hydrogen-bond donors (Lipinski definition) is 2. The van der Waals surface area contributed by atoms with Gasteiger partial charge in [-0.15, -0.1) is 0 Å². The Morgan fingerprint density at radius 2 is 2.10 bits per heavy atom. The highest BCUT2D eigenvalue weighted by Crippen LogP contribution is 2.25. The topological polar surface area (TPSA) is 49.9 Å². The molecule has 1 fully saturated rings. The third kappa shape index (κ3) is 2.92. The molecule has 1 heterocycles. The van der Waals surface area contributed by atoms with Crippen LogP contribution >= 0.6 is 0 Å². The SMILES string of the molecule is CCOC1CC(NCc2cn[nH]c2-c2ccccc2)C1. The van der Waals surface area contributed by atoms with Crippen LogP contribution in [0.4, 0.5) is 0 Å². The summed E-state index contributed by atoms with van der Waals surface area (Å²) >= 11 is 0. The summed E-state index contributed by atoms with van der Waals surface area (Å²) in [5, 5.41) is 10.9. The minimum atomic E-state index is 0.454. The summed E-state index contributed by atoms with van der Waals surface area (Å²) in [6.45, 7) is 3.72. The van der Waals surface area contributed by atoms with Crippen molar-refractivity contribution < 1.29 is 4.74 Å². The van der Waals surface area contributed by atoms with Crippen LogP contribution in [0.1, 0.15) is 25.3 Å². The van der Waals surface area contributed by atoms with E-state index in [0.717, 1.165) is 31.7 Å². The molecule has 0 amide bonds. The maximum Gasteiger partial charge on any atom is 0.0695 e. The normalized spacial score (nSPS) is 21.6. The van der Waals surface area contributed by atoms with Crippen molar-refractivity contribution in [3.63, 3.8) is 0 Å². The first-order chi connectivity index (χ1) is 9.86. The standard InChI is InChI=1S/C16H21N3O/c1-2-20-15-8-14(9-15)17-10-13-11-18-19-16(13)12-6-4-3-5-7-12/h3-7,11,14-15,17H,2,8-10H2,1H3,(H,18,19). The van der Waals surface area contributed by atoms with Crippen LogP contribution in [-0.2, 0) is 11.3 Å². The van der Waals surface area contributed by atoms with Gasteiger partial charge in [0, 0.05) is 24.8 Å². The average molecular weight is 271 g/mol. The fraction of sp³-hybridized carbons (Fsp3) is 0.438. The third-order valence-electron chi connectivity index (χ3n) is 3.86. The minimum absolute atomic E-state index is 0.454. The summed E-state index contributed by atoms with van der Waals surface area (Å²) in [4.78, 5) is 0. The molecule has 4 nitrogen and oxygen atoms in total. The van der Waals surface area contributed by atoms with Crippen molar-refractivity contribution in [1.82, 2.24) is 15.5 Å². The number of benzene rings is 1.